The van der Waals surface area contributed by atoms with Gasteiger partial charge >= 0.3 is 0 Å². The Kier molecular flexibility index (Phi) is 6.22. The Balaban J connectivity index is 1.16. The minimum atomic E-state index is 0.657. The topological polar surface area (TPSA) is 35.6 Å². The number of para-hydroxylation sites is 3. The normalized spacial score (nSPS) is 11.8. The van der Waals surface area contributed by atoms with Crippen LogP contribution in [0, 0.1) is 0 Å². The summed E-state index contributed by atoms with van der Waals surface area (Å²) in [6.45, 7) is 0. The van der Waals surface area contributed by atoms with Gasteiger partial charge in [0.05, 0.1) is 33.3 Å². The highest BCUT2D eigenvalue weighted by Gasteiger charge is 2.19. The molecule has 52 heavy (non-hydrogen) atoms. The lowest BCUT2D eigenvalue weighted by atomic mass is 10.0. The van der Waals surface area contributed by atoms with E-state index in [9.17, 15) is 0 Å². The van der Waals surface area contributed by atoms with Gasteiger partial charge in [0, 0.05) is 43.6 Å². The van der Waals surface area contributed by atoms with Crippen LogP contribution in [-0.4, -0.2) is 19.1 Å². The molecule has 0 amide bonds. The number of aromatic nitrogens is 4. The summed E-state index contributed by atoms with van der Waals surface area (Å²) in [5, 5.41) is 8.17. The predicted molar refractivity (Wildman–Crippen MR) is 217 cm³/mol. The van der Waals surface area contributed by atoms with Crippen molar-refractivity contribution in [3.05, 3.63) is 182 Å². The van der Waals surface area contributed by atoms with Gasteiger partial charge in [-0.2, -0.15) is 0 Å². The quantitative estimate of drug-likeness (QED) is 0.176. The first-order chi connectivity index (χ1) is 25.8. The lowest BCUT2D eigenvalue weighted by Crippen LogP contribution is -2.04. The van der Waals surface area contributed by atoms with Gasteiger partial charge in [-0.25, -0.2) is 9.97 Å². The Bertz CT molecular complexity index is 3130. The summed E-state index contributed by atoms with van der Waals surface area (Å²) in [7, 11) is 0. The van der Waals surface area contributed by atoms with Crippen molar-refractivity contribution in [3.63, 3.8) is 0 Å². The van der Waals surface area contributed by atoms with Crippen LogP contribution in [0.4, 0.5) is 0 Å². The van der Waals surface area contributed by atoms with Crippen LogP contribution in [0.3, 0.4) is 0 Å². The van der Waals surface area contributed by atoms with E-state index in [1.165, 1.54) is 32.6 Å². The van der Waals surface area contributed by atoms with Crippen LogP contribution in [0.25, 0.3) is 99.3 Å². The second-order valence-electron chi connectivity index (χ2n) is 13.4. The zero-order valence-corrected chi connectivity index (χ0v) is 28.1. The van der Waals surface area contributed by atoms with Crippen LogP contribution in [0.1, 0.15) is 0 Å². The predicted octanol–water partition coefficient (Wildman–Crippen LogP) is 12.3. The van der Waals surface area contributed by atoms with Gasteiger partial charge in [-0.15, -0.1) is 0 Å². The Morgan fingerprint density at radius 3 is 1.62 bits per heavy atom. The molecule has 0 fully saturated rings. The largest absolute Gasteiger partial charge is 0.309 e. The van der Waals surface area contributed by atoms with Gasteiger partial charge in [-0.05, 0) is 59.0 Å². The lowest BCUT2D eigenvalue weighted by Gasteiger charge is -2.14. The highest BCUT2D eigenvalue weighted by atomic mass is 15.2. The molecule has 11 aromatic rings. The molecule has 11 rings (SSSR count). The molecule has 3 heterocycles. The summed E-state index contributed by atoms with van der Waals surface area (Å²) in [6, 6.07) is 64.9. The number of benzene rings is 8. The van der Waals surface area contributed by atoms with E-state index in [0.29, 0.717) is 5.95 Å². The highest BCUT2D eigenvalue weighted by Crippen LogP contribution is 2.38. The fourth-order valence-electron chi connectivity index (χ4n) is 8.16. The Morgan fingerprint density at radius 1 is 0.327 bits per heavy atom. The van der Waals surface area contributed by atoms with E-state index in [1.807, 2.05) is 6.07 Å². The maximum absolute atomic E-state index is 5.39. The van der Waals surface area contributed by atoms with Crippen LogP contribution in [-0.2, 0) is 0 Å². The van der Waals surface area contributed by atoms with Crippen LogP contribution in [0.15, 0.2) is 182 Å². The van der Waals surface area contributed by atoms with Crippen molar-refractivity contribution in [2.45, 2.75) is 0 Å². The first-order valence-corrected chi connectivity index (χ1v) is 17.7. The van der Waals surface area contributed by atoms with Crippen LogP contribution in [0.5, 0.6) is 0 Å². The number of hydrogen-bond donors (Lipinski definition) is 0. The first kappa shape index (κ1) is 28.8. The molecule has 4 heteroatoms. The molecule has 0 N–H and O–H groups in total. The molecule has 0 saturated carbocycles. The maximum Gasteiger partial charge on any atom is 0.235 e. The molecule has 0 aliphatic carbocycles. The minimum Gasteiger partial charge on any atom is -0.309 e. The second kappa shape index (κ2) is 11.2. The van der Waals surface area contributed by atoms with Crippen molar-refractivity contribution < 1.29 is 0 Å². The minimum absolute atomic E-state index is 0.657. The van der Waals surface area contributed by atoms with Crippen LogP contribution >= 0.6 is 0 Å². The Hall–Kier alpha value is -7.04. The van der Waals surface area contributed by atoms with E-state index >= 15 is 0 Å². The average molecular weight is 663 g/mol. The smallest absolute Gasteiger partial charge is 0.235 e. The van der Waals surface area contributed by atoms with Crippen molar-refractivity contribution in [1.29, 1.82) is 0 Å². The number of fused-ring (bicyclic) bond motifs is 9. The average Bonchev–Trinajstić information content (AvgIpc) is 3.73. The number of nitrogens with zero attached hydrogens (tertiary/aromatic N) is 4. The van der Waals surface area contributed by atoms with Gasteiger partial charge in [0.25, 0.3) is 0 Å². The standard InChI is InChI=1S/C48H30N4/c1-2-14-32(15-3-1)46-41-28-25-31-13-4-5-18-36(31)47(41)50-48(49-46)52-44-24-11-8-21-39(44)40-27-26-34(30-45(40)52)33-16-12-17-35(29-33)51-42-22-9-6-19-37(42)38-20-7-10-23-43(38)51/h1-30H. The second-order valence-corrected chi connectivity index (χ2v) is 13.4. The van der Waals surface area contributed by atoms with Gasteiger partial charge in [0.2, 0.25) is 5.95 Å². The van der Waals surface area contributed by atoms with E-state index in [0.717, 1.165) is 60.8 Å². The van der Waals surface area contributed by atoms with E-state index < -0.39 is 0 Å². The molecular formula is C48H30N4. The number of rotatable bonds is 4. The monoisotopic (exact) mass is 662 g/mol. The summed E-state index contributed by atoms with van der Waals surface area (Å²) in [4.78, 5) is 10.8. The van der Waals surface area contributed by atoms with Gasteiger partial charge < -0.3 is 4.57 Å². The SMILES string of the molecule is c1ccc(-c2nc(-n3c4ccccc4c4ccc(-c5cccc(-n6c7ccccc7c7ccccc76)c5)cc43)nc3c2ccc2ccccc23)cc1. The molecule has 0 bridgehead atoms. The maximum atomic E-state index is 5.39. The molecule has 0 spiro atoms. The fraction of sp³-hybridized carbons (Fsp3) is 0. The third-order valence-electron chi connectivity index (χ3n) is 10.5. The highest BCUT2D eigenvalue weighted by molar-refractivity contribution is 6.12. The number of hydrogen-bond acceptors (Lipinski definition) is 2. The van der Waals surface area contributed by atoms with E-state index in [4.69, 9.17) is 9.97 Å². The summed E-state index contributed by atoms with van der Waals surface area (Å²) >= 11 is 0. The molecule has 4 nitrogen and oxygen atoms in total. The molecule has 0 radical (unpaired) electrons. The third-order valence-corrected chi connectivity index (χ3v) is 10.5. The summed E-state index contributed by atoms with van der Waals surface area (Å²) < 4.78 is 4.63. The van der Waals surface area contributed by atoms with Gasteiger partial charge in [0.15, 0.2) is 0 Å². The van der Waals surface area contributed by atoms with Crippen molar-refractivity contribution in [2.75, 3.05) is 0 Å². The van der Waals surface area contributed by atoms with Gasteiger partial charge in [-0.1, -0.05) is 140 Å². The van der Waals surface area contributed by atoms with Crippen molar-refractivity contribution in [2.24, 2.45) is 0 Å². The van der Waals surface area contributed by atoms with Gasteiger partial charge in [0.1, 0.15) is 0 Å². The zero-order valence-electron chi connectivity index (χ0n) is 28.1. The zero-order chi connectivity index (χ0) is 34.2. The first-order valence-electron chi connectivity index (χ1n) is 17.7. The van der Waals surface area contributed by atoms with Crippen LogP contribution < -0.4 is 0 Å². The van der Waals surface area contributed by atoms with E-state index in [2.05, 4.69) is 185 Å². The van der Waals surface area contributed by atoms with Gasteiger partial charge in [-0.3, -0.25) is 4.57 Å². The summed E-state index contributed by atoms with van der Waals surface area (Å²) in [5.41, 5.74) is 10.9. The Labute approximate surface area is 299 Å². The van der Waals surface area contributed by atoms with Crippen LogP contribution in [0.2, 0.25) is 0 Å². The molecule has 0 unspecified atom stereocenters. The molecule has 0 aliphatic rings. The molecular weight excluding hydrogens is 633 g/mol. The summed E-state index contributed by atoms with van der Waals surface area (Å²) in [5.74, 6) is 0.657. The molecule has 0 saturated heterocycles. The van der Waals surface area contributed by atoms with Crippen molar-refractivity contribution in [1.82, 2.24) is 19.1 Å². The molecule has 0 atom stereocenters. The molecule has 8 aromatic carbocycles. The fourth-order valence-corrected chi connectivity index (χ4v) is 8.16. The third kappa shape index (κ3) is 4.28. The van der Waals surface area contributed by atoms with Crippen molar-refractivity contribution >= 4 is 65.3 Å². The molecule has 3 aromatic heterocycles. The Morgan fingerprint density at radius 2 is 0.885 bits per heavy atom. The van der Waals surface area contributed by atoms with E-state index in [1.54, 1.807) is 0 Å². The molecule has 242 valence electrons. The summed E-state index contributed by atoms with van der Waals surface area (Å²) in [6.07, 6.45) is 0. The van der Waals surface area contributed by atoms with Crippen molar-refractivity contribution in [3.8, 4) is 34.0 Å². The molecule has 0 aliphatic heterocycles. The van der Waals surface area contributed by atoms with E-state index in [-0.39, 0.29) is 0 Å². The lowest BCUT2D eigenvalue weighted by molar-refractivity contribution is 1.02.